The van der Waals surface area contributed by atoms with E-state index < -0.39 is 0 Å². The molecular weight excluding hydrogens is 464 g/mol. The number of hydrogen-bond donors (Lipinski definition) is 1. The van der Waals surface area contributed by atoms with Gasteiger partial charge in [-0.1, -0.05) is 18.2 Å². The quantitative estimate of drug-likeness (QED) is 0.622. The lowest BCUT2D eigenvalue weighted by atomic mass is 10.1. The maximum absolute atomic E-state index is 12.3. The molecule has 1 amide bonds. The van der Waals surface area contributed by atoms with Crippen molar-refractivity contribution in [3.05, 3.63) is 60.2 Å². The maximum Gasteiger partial charge on any atom is 0.256 e. The molecule has 1 N–H and O–H groups in total. The molecule has 4 heteroatoms. The van der Waals surface area contributed by atoms with Crippen molar-refractivity contribution >= 4 is 56.8 Å². The summed E-state index contributed by atoms with van der Waals surface area (Å²) in [5, 5.41) is 2.99. The van der Waals surface area contributed by atoms with Gasteiger partial charge in [0.1, 0.15) is 0 Å². The average molecular weight is 477 g/mol. The van der Waals surface area contributed by atoms with Gasteiger partial charge in [0.15, 0.2) is 0 Å². The summed E-state index contributed by atoms with van der Waals surface area (Å²) >= 11 is 4.46. The number of anilines is 1. The second-order valence-corrected chi connectivity index (χ2v) is 6.67. The molecule has 0 aromatic heterocycles. The van der Waals surface area contributed by atoms with E-state index in [2.05, 4.69) is 50.5 Å². The van der Waals surface area contributed by atoms with Gasteiger partial charge in [-0.05, 0) is 88.4 Å². The Morgan fingerprint density at radius 2 is 1.79 bits per heavy atom. The zero-order valence-electron chi connectivity index (χ0n) is 10.6. The molecule has 0 bridgehead atoms. The van der Waals surface area contributed by atoms with Crippen molar-refractivity contribution in [2.45, 2.75) is 13.8 Å². The molecule has 2 aromatic rings. The number of hydrogen-bond acceptors (Lipinski definition) is 1. The normalized spacial score (nSPS) is 10.3. The van der Waals surface area contributed by atoms with Crippen LogP contribution < -0.4 is 5.32 Å². The van der Waals surface area contributed by atoms with Crippen molar-refractivity contribution in [1.29, 1.82) is 0 Å². The standard InChI is InChI=1S/C15H13I2NO/c1-9-6-7-11(16)8-13(9)18-15(19)12-5-3-4-10(2)14(12)17/h3-8H,1-2H3,(H,18,19). The first kappa shape index (κ1) is 14.8. The maximum atomic E-state index is 12.3. The molecule has 0 aliphatic rings. The van der Waals surface area contributed by atoms with Gasteiger partial charge in [0.25, 0.3) is 5.91 Å². The minimum Gasteiger partial charge on any atom is -0.322 e. The van der Waals surface area contributed by atoms with Crippen molar-refractivity contribution in [1.82, 2.24) is 0 Å². The Balaban J connectivity index is 2.31. The van der Waals surface area contributed by atoms with E-state index in [1.165, 1.54) is 0 Å². The summed E-state index contributed by atoms with van der Waals surface area (Å²) in [4.78, 5) is 12.3. The molecule has 0 fully saturated rings. The third kappa shape index (κ3) is 3.47. The topological polar surface area (TPSA) is 29.1 Å². The largest absolute Gasteiger partial charge is 0.322 e. The van der Waals surface area contributed by atoms with Crippen molar-refractivity contribution < 1.29 is 4.79 Å². The van der Waals surface area contributed by atoms with Gasteiger partial charge >= 0.3 is 0 Å². The second-order valence-electron chi connectivity index (χ2n) is 4.35. The zero-order chi connectivity index (χ0) is 14.0. The van der Waals surface area contributed by atoms with Gasteiger partial charge in [0.2, 0.25) is 0 Å². The molecule has 98 valence electrons. The highest BCUT2D eigenvalue weighted by molar-refractivity contribution is 14.1. The van der Waals surface area contributed by atoms with Crippen LogP contribution in [0.15, 0.2) is 36.4 Å². The lowest BCUT2D eigenvalue weighted by Crippen LogP contribution is -2.14. The fourth-order valence-corrected chi connectivity index (χ4v) is 2.84. The molecule has 19 heavy (non-hydrogen) atoms. The first-order chi connectivity index (χ1) is 8.99. The van der Waals surface area contributed by atoms with Crippen LogP contribution in [0.5, 0.6) is 0 Å². The van der Waals surface area contributed by atoms with Crippen molar-refractivity contribution in [3.63, 3.8) is 0 Å². The SMILES string of the molecule is Cc1ccc(I)cc1NC(=O)c1cccc(C)c1I. The van der Waals surface area contributed by atoms with Crippen LogP contribution in [0, 0.1) is 21.0 Å². The van der Waals surface area contributed by atoms with Crippen LogP contribution >= 0.6 is 45.2 Å². The Bertz CT molecular complexity index is 638. The fraction of sp³-hybridized carbons (Fsp3) is 0.133. The summed E-state index contributed by atoms with van der Waals surface area (Å²) in [5.41, 5.74) is 3.78. The van der Waals surface area contributed by atoms with Crippen LogP contribution in [-0.4, -0.2) is 5.91 Å². The second kappa shape index (κ2) is 6.21. The zero-order valence-corrected chi connectivity index (χ0v) is 14.9. The number of amides is 1. The van der Waals surface area contributed by atoms with E-state index in [0.29, 0.717) is 0 Å². The summed E-state index contributed by atoms with van der Waals surface area (Å²) in [7, 11) is 0. The number of rotatable bonds is 2. The van der Waals surface area contributed by atoms with E-state index >= 15 is 0 Å². The van der Waals surface area contributed by atoms with Crippen molar-refractivity contribution in [3.8, 4) is 0 Å². The number of benzene rings is 2. The van der Waals surface area contributed by atoms with E-state index in [-0.39, 0.29) is 5.91 Å². The van der Waals surface area contributed by atoms with Gasteiger partial charge in [0, 0.05) is 12.8 Å². The van der Waals surface area contributed by atoms with E-state index in [9.17, 15) is 4.79 Å². The Morgan fingerprint density at radius 1 is 1.05 bits per heavy atom. The van der Waals surface area contributed by atoms with E-state index in [1.807, 2.05) is 50.2 Å². The smallest absolute Gasteiger partial charge is 0.256 e. The molecule has 0 atom stereocenters. The molecule has 2 nitrogen and oxygen atoms in total. The van der Waals surface area contributed by atoms with Crippen molar-refractivity contribution in [2.24, 2.45) is 0 Å². The molecule has 0 radical (unpaired) electrons. The van der Waals surface area contributed by atoms with Crippen LogP contribution in [0.3, 0.4) is 0 Å². The predicted octanol–water partition coefficient (Wildman–Crippen LogP) is 4.76. The number of aryl methyl sites for hydroxylation is 2. The molecular formula is C15H13I2NO. The molecule has 0 aliphatic heterocycles. The first-order valence-corrected chi connectivity index (χ1v) is 7.97. The molecule has 2 rings (SSSR count). The van der Waals surface area contributed by atoms with Crippen LogP contribution in [0.2, 0.25) is 0 Å². The fourth-order valence-electron chi connectivity index (χ4n) is 1.74. The highest BCUT2D eigenvalue weighted by Gasteiger charge is 2.12. The summed E-state index contributed by atoms with van der Waals surface area (Å²) in [5.74, 6) is -0.0572. The lowest BCUT2D eigenvalue weighted by Gasteiger charge is -2.11. The number of carbonyl (C=O) groups excluding carboxylic acids is 1. The summed E-state index contributed by atoms with van der Waals surface area (Å²) in [6, 6.07) is 11.8. The molecule has 2 aromatic carbocycles. The predicted molar refractivity (Wildman–Crippen MR) is 95.7 cm³/mol. The van der Waals surface area contributed by atoms with Gasteiger partial charge in [-0.3, -0.25) is 4.79 Å². The van der Waals surface area contributed by atoms with Crippen LogP contribution in [0.1, 0.15) is 21.5 Å². The monoisotopic (exact) mass is 477 g/mol. The molecule has 0 heterocycles. The molecule has 0 spiro atoms. The molecule has 0 saturated heterocycles. The van der Waals surface area contributed by atoms with Gasteiger partial charge in [0.05, 0.1) is 5.56 Å². The summed E-state index contributed by atoms with van der Waals surface area (Å²) < 4.78 is 2.11. The Labute approximate surface area is 140 Å². The van der Waals surface area contributed by atoms with Crippen molar-refractivity contribution in [2.75, 3.05) is 5.32 Å². The number of nitrogens with one attached hydrogen (secondary N) is 1. The van der Waals surface area contributed by atoms with Crippen LogP contribution in [0.25, 0.3) is 0 Å². The molecule has 0 saturated carbocycles. The van der Waals surface area contributed by atoms with Gasteiger partial charge < -0.3 is 5.32 Å². The molecule has 0 aliphatic carbocycles. The van der Waals surface area contributed by atoms with Gasteiger partial charge in [-0.15, -0.1) is 0 Å². The van der Waals surface area contributed by atoms with E-state index in [4.69, 9.17) is 0 Å². The number of halogens is 2. The van der Waals surface area contributed by atoms with Crippen LogP contribution in [-0.2, 0) is 0 Å². The Morgan fingerprint density at radius 3 is 2.53 bits per heavy atom. The summed E-state index contributed by atoms with van der Waals surface area (Å²) in [6.07, 6.45) is 0. The van der Waals surface area contributed by atoms with Gasteiger partial charge in [-0.2, -0.15) is 0 Å². The highest BCUT2D eigenvalue weighted by Crippen LogP contribution is 2.21. The van der Waals surface area contributed by atoms with Gasteiger partial charge in [-0.25, -0.2) is 0 Å². The third-order valence-corrected chi connectivity index (χ3v) is 4.99. The molecule has 0 unspecified atom stereocenters. The first-order valence-electron chi connectivity index (χ1n) is 5.81. The lowest BCUT2D eigenvalue weighted by molar-refractivity contribution is 0.102. The van der Waals surface area contributed by atoms with E-state index in [0.717, 1.165) is 29.5 Å². The van der Waals surface area contributed by atoms with Crippen LogP contribution in [0.4, 0.5) is 5.69 Å². The highest BCUT2D eigenvalue weighted by atomic mass is 127. The minimum absolute atomic E-state index is 0.0572. The van der Waals surface area contributed by atoms with E-state index in [1.54, 1.807) is 0 Å². The third-order valence-electron chi connectivity index (χ3n) is 2.88. The summed E-state index contributed by atoms with van der Waals surface area (Å²) in [6.45, 7) is 4.00. The number of carbonyl (C=O) groups is 1. The minimum atomic E-state index is -0.0572. The average Bonchev–Trinajstić information content (AvgIpc) is 2.37. The Kier molecular flexibility index (Phi) is 4.83. The Hall–Kier alpha value is -0.630.